The quantitative estimate of drug-likeness (QED) is 0.728. The van der Waals surface area contributed by atoms with Crippen LogP contribution in [0.3, 0.4) is 0 Å². The summed E-state index contributed by atoms with van der Waals surface area (Å²) < 4.78 is 0. The van der Waals surface area contributed by atoms with Crippen LogP contribution < -0.4 is 5.32 Å². The summed E-state index contributed by atoms with van der Waals surface area (Å²) in [6.07, 6.45) is 6.45. The summed E-state index contributed by atoms with van der Waals surface area (Å²) in [6, 6.07) is -0.0895. The van der Waals surface area contributed by atoms with E-state index in [4.69, 9.17) is 5.11 Å². The predicted octanol–water partition coefficient (Wildman–Crippen LogP) is 2.02. The summed E-state index contributed by atoms with van der Waals surface area (Å²) in [7, 11) is 0. The van der Waals surface area contributed by atoms with Gasteiger partial charge in [-0.3, -0.25) is 4.79 Å². The predicted molar refractivity (Wildman–Crippen MR) is 56.3 cm³/mol. The summed E-state index contributed by atoms with van der Waals surface area (Å²) in [5.41, 5.74) is 0. The molecule has 1 saturated carbocycles. The highest BCUT2D eigenvalue weighted by Crippen LogP contribution is 2.26. The van der Waals surface area contributed by atoms with Gasteiger partial charge in [0, 0.05) is 6.04 Å². The van der Waals surface area contributed by atoms with E-state index in [0.29, 0.717) is 12.0 Å². The number of carboxylic acid groups (broad SMARTS) is 1. The van der Waals surface area contributed by atoms with Crippen LogP contribution in [0.25, 0.3) is 0 Å². The molecule has 0 aromatic rings. The summed E-state index contributed by atoms with van der Waals surface area (Å²) in [6.45, 7) is 3.82. The van der Waals surface area contributed by atoms with Gasteiger partial charge in [-0.25, -0.2) is 0 Å². The molecule has 2 atom stereocenters. The molecule has 0 aliphatic heterocycles. The molecular weight excluding hydrogens is 178 g/mol. The van der Waals surface area contributed by atoms with Gasteiger partial charge in [0.25, 0.3) is 0 Å². The van der Waals surface area contributed by atoms with E-state index in [1.54, 1.807) is 6.92 Å². The number of hydrogen-bond donors (Lipinski definition) is 2. The van der Waals surface area contributed by atoms with Crippen LogP contribution in [0.4, 0.5) is 0 Å². The van der Waals surface area contributed by atoms with Crippen molar-refractivity contribution in [2.24, 2.45) is 5.92 Å². The molecule has 0 spiro atoms. The van der Waals surface area contributed by atoms with Gasteiger partial charge in [-0.05, 0) is 32.6 Å². The van der Waals surface area contributed by atoms with Crippen molar-refractivity contribution in [2.45, 2.75) is 58.0 Å². The van der Waals surface area contributed by atoms with Gasteiger partial charge in [0.15, 0.2) is 0 Å². The second-order valence-electron chi connectivity index (χ2n) is 4.41. The molecule has 1 aliphatic carbocycles. The lowest BCUT2D eigenvalue weighted by Gasteiger charge is -2.29. The van der Waals surface area contributed by atoms with Crippen LogP contribution in [0.1, 0.15) is 46.0 Å². The van der Waals surface area contributed by atoms with E-state index >= 15 is 0 Å². The summed E-state index contributed by atoms with van der Waals surface area (Å²) in [5.74, 6) is -0.0850. The largest absolute Gasteiger partial charge is 0.480 e. The monoisotopic (exact) mass is 199 g/mol. The minimum atomic E-state index is -0.757. The molecule has 0 saturated heterocycles. The van der Waals surface area contributed by atoms with Crippen LogP contribution >= 0.6 is 0 Å². The zero-order chi connectivity index (χ0) is 10.6. The van der Waals surface area contributed by atoms with E-state index in [1.165, 1.54) is 32.1 Å². The highest BCUT2D eigenvalue weighted by Gasteiger charge is 2.22. The van der Waals surface area contributed by atoms with E-state index in [9.17, 15) is 4.79 Å². The number of hydrogen-bond acceptors (Lipinski definition) is 2. The first-order chi connectivity index (χ1) is 6.61. The highest BCUT2D eigenvalue weighted by atomic mass is 16.4. The molecule has 1 rings (SSSR count). The number of aliphatic carboxylic acids is 1. The van der Waals surface area contributed by atoms with Crippen molar-refractivity contribution in [1.29, 1.82) is 0 Å². The Bertz CT molecular complexity index is 188. The zero-order valence-electron chi connectivity index (χ0n) is 9.12. The molecule has 1 aliphatic rings. The van der Waals surface area contributed by atoms with Crippen molar-refractivity contribution in [3.8, 4) is 0 Å². The average molecular weight is 199 g/mol. The van der Waals surface area contributed by atoms with Crippen molar-refractivity contribution >= 4 is 5.97 Å². The fourth-order valence-corrected chi connectivity index (χ4v) is 2.24. The first-order valence-corrected chi connectivity index (χ1v) is 5.60. The topological polar surface area (TPSA) is 49.3 Å². The molecule has 0 radical (unpaired) electrons. The minimum absolute atomic E-state index is 0.335. The SMILES string of the molecule is CC(N[C@@H](C)C1CCCCC1)C(=O)O. The standard InChI is InChI=1S/C11H21NO2/c1-8(12-9(2)11(13)14)10-6-4-3-5-7-10/h8-10,12H,3-7H2,1-2H3,(H,13,14)/t8-,9?/m0/s1. The van der Waals surface area contributed by atoms with Gasteiger partial charge >= 0.3 is 5.97 Å². The first-order valence-electron chi connectivity index (χ1n) is 5.60. The molecule has 1 fully saturated rings. The lowest BCUT2D eigenvalue weighted by molar-refractivity contribution is -0.139. The van der Waals surface area contributed by atoms with E-state index in [0.717, 1.165) is 0 Å². The Kier molecular flexibility index (Phi) is 4.39. The van der Waals surface area contributed by atoms with Crippen LogP contribution in [0.5, 0.6) is 0 Å². The minimum Gasteiger partial charge on any atom is -0.480 e. The molecule has 82 valence electrons. The fourth-order valence-electron chi connectivity index (χ4n) is 2.24. The van der Waals surface area contributed by atoms with Crippen molar-refractivity contribution in [3.63, 3.8) is 0 Å². The highest BCUT2D eigenvalue weighted by molar-refractivity contribution is 5.72. The maximum atomic E-state index is 10.7. The van der Waals surface area contributed by atoms with Crippen LogP contribution in [0.2, 0.25) is 0 Å². The molecule has 0 heterocycles. The Hall–Kier alpha value is -0.570. The molecule has 0 bridgehead atoms. The number of carbonyl (C=O) groups is 1. The van der Waals surface area contributed by atoms with Crippen LogP contribution in [-0.2, 0) is 4.79 Å². The maximum absolute atomic E-state index is 10.7. The third-order valence-electron chi connectivity index (χ3n) is 3.24. The van der Waals surface area contributed by atoms with Crippen molar-refractivity contribution in [1.82, 2.24) is 5.32 Å². The normalized spacial score (nSPS) is 23.0. The Morgan fingerprint density at radius 3 is 2.36 bits per heavy atom. The molecule has 1 unspecified atom stereocenters. The lowest BCUT2D eigenvalue weighted by atomic mass is 9.84. The van der Waals surface area contributed by atoms with Gasteiger partial charge < -0.3 is 10.4 Å². The molecule has 3 nitrogen and oxygen atoms in total. The summed E-state index contributed by atoms with van der Waals surface area (Å²) >= 11 is 0. The Balaban J connectivity index is 2.32. The fraction of sp³-hybridized carbons (Fsp3) is 0.909. The summed E-state index contributed by atoms with van der Waals surface area (Å²) in [4.78, 5) is 10.7. The third kappa shape index (κ3) is 3.29. The van der Waals surface area contributed by atoms with Crippen molar-refractivity contribution < 1.29 is 9.90 Å². The molecule has 14 heavy (non-hydrogen) atoms. The maximum Gasteiger partial charge on any atom is 0.320 e. The number of rotatable bonds is 4. The third-order valence-corrected chi connectivity index (χ3v) is 3.24. The Morgan fingerprint density at radius 2 is 1.86 bits per heavy atom. The van der Waals surface area contributed by atoms with Gasteiger partial charge in [0.05, 0.1) is 0 Å². The average Bonchev–Trinajstić information content (AvgIpc) is 2.19. The number of carboxylic acids is 1. The van der Waals surface area contributed by atoms with Gasteiger partial charge in [0.2, 0.25) is 0 Å². The molecule has 3 heteroatoms. The molecule has 0 amide bonds. The smallest absolute Gasteiger partial charge is 0.320 e. The summed E-state index contributed by atoms with van der Waals surface area (Å²) in [5, 5.41) is 11.9. The second-order valence-corrected chi connectivity index (χ2v) is 4.41. The van der Waals surface area contributed by atoms with Crippen LogP contribution in [0, 0.1) is 5.92 Å². The molecule has 2 N–H and O–H groups in total. The molecule has 0 aromatic heterocycles. The van der Waals surface area contributed by atoms with Gasteiger partial charge in [-0.1, -0.05) is 19.3 Å². The molecular formula is C11H21NO2. The van der Waals surface area contributed by atoms with E-state index in [1.807, 2.05) is 0 Å². The Morgan fingerprint density at radius 1 is 1.29 bits per heavy atom. The Labute approximate surface area is 85.9 Å². The van der Waals surface area contributed by atoms with Crippen LogP contribution in [-0.4, -0.2) is 23.2 Å². The van der Waals surface area contributed by atoms with Crippen molar-refractivity contribution in [3.05, 3.63) is 0 Å². The van der Waals surface area contributed by atoms with Gasteiger partial charge in [-0.15, -0.1) is 0 Å². The van der Waals surface area contributed by atoms with Crippen LogP contribution in [0.15, 0.2) is 0 Å². The van der Waals surface area contributed by atoms with E-state index < -0.39 is 12.0 Å². The van der Waals surface area contributed by atoms with Crippen molar-refractivity contribution in [2.75, 3.05) is 0 Å². The molecule has 0 aromatic carbocycles. The first kappa shape index (κ1) is 11.5. The van der Waals surface area contributed by atoms with E-state index in [-0.39, 0.29) is 0 Å². The zero-order valence-corrected chi connectivity index (χ0v) is 9.12. The second kappa shape index (κ2) is 5.35. The van der Waals surface area contributed by atoms with Gasteiger partial charge in [-0.2, -0.15) is 0 Å². The number of nitrogens with one attached hydrogen (secondary N) is 1. The lowest BCUT2D eigenvalue weighted by Crippen LogP contribution is -2.43. The van der Waals surface area contributed by atoms with E-state index in [2.05, 4.69) is 12.2 Å². The van der Waals surface area contributed by atoms with Gasteiger partial charge in [0.1, 0.15) is 6.04 Å².